The first kappa shape index (κ1) is 21.8. The number of rotatable bonds is 8. The van der Waals surface area contributed by atoms with Crippen molar-refractivity contribution in [3.05, 3.63) is 46.6 Å². The number of nitrogens with zero attached hydrogens (tertiary/aromatic N) is 3. The molecule has 2 aromatic heterocycles. The molecule has 1 aromatic carbocycles. The van der Waals surface area contributed by atoms with Crippen LogP contribution < -0.4 is 10.1 Å². The molecule has 0 saturated heterocycles. The van der Waals surface area contributed by atoms with E-state index in [4.69, 9.17) is 14.8 Å². The van der Waals surface area contributed by atoms with Crippen LogP contribution in [0.1, 0.15) is 49.1 Å². The number of aromatic nitrogens is 3. The lowest BCUT2D eigenvalue weighted by Crippen LogP contribution is -2.25. The Hall–Kier alpha value is -2.89. The summed E-state index contributed by atoms with van der Waals surface area (Å²) < 4.78 is 7.48. The highest BCUT2D eigenvalue weighted by molar-refractivity contribution is 5.86. The van der Waals surface area contributed by atoms with Gasteiger partial charge < -0.3 is 10.1 Å². The maximum Gasteiger partial charge on any atom is 0.220 e. The van der Waals surface area contributed by atoms with Crippen LogP contribution >= 0.6 is 0 Å². The normalized spacial score (nSPS) is 11.3. The van der Waals surface area contributed by atoms with Crippen molar-refractivity contribution in [3.8, 4) is 11.6 Å². The lowest BCUT2D eigenvalue weighted by atomic mass is 10.0. The number of nitrogens with one attached hydrogen (secondary N) is 1. The van der Waals surface area contributed by atoms with E-state index in [1.54, 1.807) is 7.11 Å². The second-order valence-corrected chi connectivity index (χ2v) is 8.29. The molecule has 0 aliphatic heterocycles. The highest BCUT2D eigenvalue weighted by Gasteiger charge is 2.20. The van der Waals surface area contributed by atoms with Gasteiger partial charge in [-0.15, -0.1) is 0 Å². The minimum absolute atomic E-state index is 0.0595. The smallest absolute Gasteiger partial charge is 0.220 e. The lowest BCUT2D eigenvalue weighted by molar-refractivity contribution is -0.121. The Bertz CT molecular complexity index is 1040. The molecular weight excluding hydrogens is 376 g/mol. The summed E-state index contributed by atoms with van der Waals surface area (Å²) in [4.78, 5) is 17.1. The molecule has 160 valence electrons. The molecular formula is C24H32N4O2. The molecule has 0 atom stereocenters. The van der Waals surface area contributed by atoms with E-state index >= 15 is 0 Å². The van der Waals surface area contributed by atoms with Crippen molar-refractivity contribution in [2.75, 3.05) is 13.7 Å². The zero-order valence-corrected chi connectivity index (χ0v) is 18.9. The first-order valence-corrected chi connectivity index (χ1v) is 10.6. The van der Waals surface area contributed by atoms with E-state index in [1.807, 2.05) is 23.7 Å². The Morgan fingerprint density at radius 2 is 1.87 bits per heavy atom. The van der Waals surface area contributed by atoms with Gasteiger partial charge in [-0.3, -0.25) is 4.79 Å². The quantitative estimate of drug-likeness (QED) is 0.598. The van der Waals surface area contributed by atoms with Gasteiger partial charge in [0.2, 0.25) is 11.8 Å². The number of aryl methyl sites for hydroxylation is 3. The van der Waals surface area contributed by atoms with Crippen LogP contribution in [0, 0.1) is 26.7 Å². The van der Waals surface area contributed by atoms with E-state index < -0.39 is 0 Å². The molecule has 0 unspecified atom stereocenters. The Morgan fingerprint density at radius 3 is 2.50 bits per heavy atom. The second kappa shape index (κ2) is 9.28. The first-order chi connectivity index (χ1) is 14.3. The summed E-state index contributed by atoms with van der Waals surface area (Å²) in [6.45, 7) is 11.1. The van der Waals surface area contributed by atoms with E-state index in [1.165, 1.54) is 5.56 Å². The van der Waals surface area contributed by atoms with Crippen molar-refractivity contribution in [2.24, 2.45) is 5.92 Å². The van der Waals surface area contributed by atoms with Crippen LogP contribution in [0.3, 0.4) is 0 Å². The Kier molecular flexibility index (Phi) is 6.75. The maximum absolute atomic E-state index is 12.3. The van der Waals surface area contributed by atoms with Crippen LogP contribution in [-0.4, -0.2) is 34.3 Å². The Labute approximate surface area is 178 Å². The molecule has 0 fully saturated rings. The Morgan fingerprint density at radius 1 is 1.17 bits per heavy atom. The monoisotopic (exact) mass is 408 g/mol. The number of hydrogen-bond donors (Lipinski definition) is 1. The molecule has 3 rings (SSSR count). The van der Waals surface area contributed by atoms with Crippen LogP contribution in [0.2, 0.25) is 0 Å². The molecule has 0 radical (unpaired) electrons. The number of methoxy groups -OCH3 is 1. The lowest BCUT2D eigenvalue weighted by Gasteiger charge is -2.13. The number of pyridine rings is 1. The predicted molar refractivity (Wildman–Crippen MR) is 120 cm³/mol. The van der Waals surface area contributed by atoms with Gasteiger partial charge in [-0.25, -0.2) is 4.68 Å². The summed E-state index contributed by atoms with van der Waals surface area (Å²) >= 11 is 0. The van der Waals surface area contributed by atoms with Gasteiger partial charge in [-0.2, -0.15) is 10.1 Å². The van der Waals surface area contributed by atoms with Gasteiger partial charge in [0, 0.05) is 23.9 Å². The van der Waals surface area contributed by atoms with Gasteiger partial charge in [0.05, 0.1) is 18.5 Å². The number of benzene rings is 1. The molecule has 2 heterocycles. The standard InChI is InChI=1S/C24H32N4O2/c1-15(2)13-14-25-21(29)12-11-20-17(4)22-18(5)27-28(23(22)26-24(20)30-6)19-9-7-16(3)8-10-19/h7-10,15H,11-14H2,1-6H3,(H,25,29). The van der Waals surface area contributed by atoms with Crippen LogP contribution in [0.4, 0.5) is 0 Å². The summed E-state index contributed by atoms with van der Waals surface area (Å²) in [7, 11) is 1.62. The third-order valence-corrected chi connectivity index (χ3v) is 5.45. The fourth-order valence-electron chi connectivity index (χ4n) is 3.69. The molecule has 30 heavy (non-hydrogen) atoms. The number of ether oxygens (including phenoxy) is 1. The highest BCUT2D eigenvalue weighted by atomic mass is 16.5. The van der Waals surface area contributed by atoms with Gasteiger partial charge in [-0.05, 0) is 57.2 Å². The molecule has 0 spiro atoms. The zero-order valence-electron chi connectivity index (χ0n) is 18.9. The fraction of sp³-hybridized carbons (Fsp3) is 0.458. The molecule has 0 aliphatic carbocycles. The summed E-state index contributed by atoms with van der Waals surface area (Å²) in [5, 5.41) is 8.76. The third kappa shape index (κ3) is 4.64. The maximum atomic E-state index is 12.3. The zero-order chi connectivity index (χ0) is 21.8. The van der Waals surface area contributed by atoms with Crippen molar-refractivity contribution in [1.82, 2.24) is 20.1 Å². The van der Waals surface area contributed by atoms with Crippen molar-refractivity contribution in [2.45, 2.75) is 53.9 Å². The van der Waals surface area contributed by atoms with Crippen LogP contribution in [0.25, 0.3) is 16.7 Å². The number of amides is 1. The van der Waals surface area contributed by atoms with E-state index in [2.05, 4.69) is 45.1 Å². The predicted octanol–water partition coefficient (Wildman–Crippen LogP) is 4.45. The molecule has 0 aliphatic rings. The fourth-order valence-corrected chi connectivity index (χ4v) is 3.69. The highest BCUT2D eigenvalue weighted by Crippen LogP contribution is 2.31. The molecule has 0 bridgehead atoms. The topological polar surface area (TPSA) is 69.0 Å². The van der Waals surface area contributed by atoms with Gasteiger partial charge in [0.25, 0.3) is 0 Å². The molecule has 3 aromatic rings. The van der Waals surface area contributed by atoms with E-state index in [0.717, 1.165) is 40.0 Å². The van der Waals surface area contributed by atoms with Crippen molar-refractivity contribution < 1.29 is 9.53 Å². The molecule has 6 heteroatoms. The average molecular weight is 409 g/mol. The summed E-state index contributed by atoms with van der Waals surface area (Å²) in [5.41, 5.74) is 5.89. The second-order valence-electron chi connectivity index (χ2n) is 8.29. The van der Waals surface area contributed by atoms with E-state index in [9.17, 15) is 4.79 Å². The largest absolute Gasteiger partial charge is 0.481 e. The average Bonchev–Trinajstić information content (AvgIpc) is 3.03. The molecule has 1 N–H and O–H groups in total. The number of fused-ring (bicyclic) bond motifs is 1. The van der Waals surface area contributed by atoms with Crippen LogP contribution in [0.15, 0.2) is 24.3 Å². The van der Waals surface area contributed by atoms with Gasteiger partial charge in [-0.1, -0.05) is 31.5 Å². The SMILES string of the molecule is COc1nc2c(c(C)nn2-c2ccc(C)cc2)c(C)c1CCC(=O)NCCC(C)C. The molecule has 1 amide bonds. The van der Waals surface area contributed by atoms with Gasteiger partial charge in [0.15, 0.2) is 5.65 Å². The first-order valence-electron chi connectivity index (χ1n) is 10.6. The van der Waals surface area contributed by atoms with Crippen molar-refractivity contribution in [3.63, 3.8) is 0 Å². The van der Waals surface area contributed by atoms with Crippen molar-refractivity contribution in [1.29, 1.82) is 0 Å². The third-order valence-electron chi connectivity index (χ3n) is 5.45. The number of carbonyl (C=O) groups excluding carboxylic acids is 1. The van der Waals surface area contributed by atoms with Crippen molar-refractivity contribution >= 4 is 16.9 Å². The summed E-state index contributed by atoms with van der Waals surface area (Å²) in [6, 6.07) is 8.21. The number of hydrogen-bond acceptors (Lipinski definition) is 4. The van der Waals surface area contributed by atoms with Gasteiger partial charge >= 0.3 is 0 Å². The molecule has 6 nitrogen and oxygen atoms in total. The van der Waals surface area contributed by atoms with Crippen LogP contribution in [0.5, 0.6) is 5.88 Å². The molecule has 0 saturated carbocycles. The minimum Gasteiger partial charge on any atom is -0.481 e. The van der Waals surface area contributed by atoms with E-state index in [0.29, 0.717) is 31.2 Å². The number of carbonyl (C=O) groups is 1. The van der Waals surface area contributed by atoms with Gasteiger partial charge in [0.1, 0.15) is 0 Å². The van der Waals surface area contributed by atoms with Crippen LogP contribution in [-0.2, 0) is 11.2 Å². The Balaban J connectivity index is 1.91. The van der Waals surface area contributed by atoms with E-state index in [-0.39, 0.29) is 5.91 Å². The minimum atomic E-state index is 0.0595. The summed E-state index contributed by atoms with van der Waals surface area (Å²) in [5.74, 6) is 1.19. The summed E-state index contributed by atoms with van der Waals surface area (Å²) in [6.07, 6.45) is 1.98.